The van der Waals surface area contributed by atoms with E-state index in [1.165, 1.54) is 70.8 Å². The summed E-state index contributed by atoms with van der Waals surface area (Å²) >= 11 is 0. The van der Waals surface area contributed by atoms with Gasteiger partial charge in [-0.15, -0.1) is 0 Å². The van der Waals surface area contributed by atoms with E-state index in [0.29, 0.717) is 6.54 Å². The van der Waals surface area contributed by atoms with Crippen LogP contribution in [0.1, 0.15) is 97.8 Å². The first kappa shape index (κ1) is 22.8. The first-order chi connectivity index (χ1) is 10.3. The van der Waals surface area contributed by atoms with E-state index in [-0.39, 0.29) is 0 Å². The maximum absolute atomic E-state index is 9.31. The van der Waals surface area contributed by atoms with E-state index in [4.69, 9.17) is 0 Å². The molecule has 0 saturated carbocycles. The molecule has 0 aliphatic rings. The lowest BCUT2D eigenvalue weighted by Crippen LogP contribution is -2.13. The van der Waals surface area contributed by atoms with Crippen LogP contribution in [-0.2, 0) is 0 Å². The SMILES string of the molecule is CCCCCCCCCCCCNCC.CCCCN=O. The molecule has 128 valence electrons. The van der Waals surface area contributed by atoms with Gasteiger partial charge in [-0.2, -0.15) is 4.91 Å². The van der Waals surface area contributed by atoms with Gasteiger partial charge >= 0.3 is 0 Å². The molecular weight excluding hydrogens is 260 g/mol. The lowest BCUT2D eigenvalue weighted by molar-refractivity contribution is 0.547. The van der Waals surface area contributed by atoms with Crippen LogP contribution in [0.4, 0.5) is 0 Å². The molecule has 0 aromatic carbocycles. The summed E-state index contributed by atoms with van der Waals surface area (Å²) in [7, 11) is 0. The van der Waals surface area contributed by atoms with E-state index in [9.17, 15) is 4.91 Å². The van der Waals surface area contributed by atoms with Crippen molar-refractivity contribution in [1.29, 1.82) is 0 Å². The molecule has 0 unspecified atom stereocenters. The minimum absolute atomic E-state index is 0.483. The van der Waals surface area contributed by atoms with Crippen molar-refractivity contribution < 1.29 is 0 Å². The number of hydrogen-bond donors (Lipinski definition) is 1. The summed E-state index contributed by atoms with van der Waals surface area (Å²) in [6.07, 6.45) is 16.3. The van der Waals surface area contributed by atoms with Gasteiger partial charge in [-0.05, 0) is 25.9 Å². The van der Waals surface area contributed by atoms with Crippen molar-refractivity contribution in [1.82, 2.24) is 5.32 Å². The van der Waals surface area contributed by atoms with Gasteiger partial charge < -0.3 is 5.32 Å². The summed E-state index contributed by atoms with van der Waals surface area (Å²) in [6, 6.07) is 0. The van der Waals surface area contributed by atoms with E-state index >= 15 is 0 Å². The second-order valence-electron chi connectivity index (χ2n) is 5.74. The summed E-state index contributed by atoms with van der Waals surface area (Å²) in [6.45, 7) is 9.31. The molecule has 0 aliphatic carbocycles. The molecule has 0 heterocycles. The van der Waals surface area contributed by atoms with Crippen molar-refractivity contribution in [2.45, 2.75) is 97.8 Å². The van der Waals surface area contributed by atoms with E-state index in [1.54, 1.807) is 0 Å². The normalized spacial score (nSPS) is 10.0. The van der Waals surface area contributed by atoms with Gasteiger partial charge in [0.25, 0.3) is 0 Å². The Kier molecular flexibility index (Phi) is 26.7. The molecule has 0 atom stereocenters. The minimum atomic E-state index is 0.483. The van der Waals surface area contributed by atoms with Crippen molar-refractivity contribution in [3.63, 3.8) is 0 Å². The fourth-order valence-electron chi connectivity index (χ4n) is 2.14. The summed E-state index contributed by atoms with van der Waals surface area (Å²) in [5, 5.41) is 6.05. The van der Waals surface area contributed by atoms with Gasteiger partial charge in [0.2, 0.25) is 0 Å². The Morgan fingerprint density at radius 3 is 1.52 bits per heavy atom. The zero-order valence-corrected chi connectivity index (χ0v) is 15.0. The van der Waals surface area contributed by atoms with Crippen molar-refractivity contribution in [3.05, 3.63) is 4.91 Å². The highest BCUT2D eigenvalue weighted by Crippen LogP contribution is 2.10. The predicted octanol–water partition coefficient (Wildman–Crippen LogP) is 6.07. The van der Waals surface area contributed by atoms with E-state index in [0.717, 1.165) is 19.4 Å². The molecule has 3 nitrogen and oxygen atoms in total. The van der Waals surface area contributed by atoms with Crippen LogP contribution >= 0.6 is 0 Å². The van der Waals surface area contributed by atoms with Crippen LogP contribution in [0.25, 0.3) is 0 Å². The molecule has 0 fully saturated rings. The molecule has 1 N–H and O–H groups in total. The van der Waals surface area contributed by atoms with Crippen molar-refractivity contribution >= 4 is 0 Å². The summed E-state index contributed by atoms with van der Waals surface area (Å²) in [4.78, 5) is 9.31. The lowest BCUT2D eigenvalue weighted by Gasteiger charge is -2.02. The predicted molar refractivity (Wildman–Crippen MR) is 96.0 cm³/mol. The van der Waals surface area contributed by atoms with Gasteiger partial charge in [0.1, 0.15) is 0 Å². The number of rotatable bonds is 15. The Hall–Kier alpha value is -0.440. The highest BCUT2D eigenvalue weighted by Gasteiger charge is 1.92. The van der Waals surface area contributed by atoms with Gasteiger partial charge in [-0.3, -0.25) is 0 Å². The van der Waals surface area contributed by atoms with E-state index in [1.807, 2.05) is 6.92 Å². The molecule has 0 spiro atoms. The smallest absolute Gasteiger partial charge is 0.0811 e. The third-order valence-electron chi connectivity index (χ3n) is 3.56. The van der Waals surface area contributed by atoms with Gasteiger partial charge in [-0.25, -0.2) is 0 Å². The first-order valence-corrected chi connectivity index (χ1v) is 9.33. The monoisotopic (exact) mass is 300 g/mol. The maximum Gasteiger partial charge on any atom is 0.0811 e. The van der Waals surface area contributed by atoms with Crippen LogP contribution in [0.3, 0.4) is 0 Å². The zero-order valence-electron chi connectivity index (χ0n) is 15.0. The molecule has 0 aromatic rings. The number of nitroso groups, excluding NO2 is 1. The highest BCUT2D eigenvalue weighted by atomic mass is 16.3. The Balaban J connectivity index is 0. The van der Waals surface area contributed by atoms with Crippen LogP contribution < -0.4 is 5.32 Å². The largest absolute Gasteiger partial charge is 0.317 e. The zero-order chi connectivity index (χ0) is 16.0. The molecule has 21 heavy (non-hydrogen) atoms. The molecule has 0 bridgehead atoms. The van der Waals surface area contributed by atoms with Gasteiger partial charge in [-0.1, -0.05) is 90.2 Å². The first-order valence-electron chi connectivity index (χ1n) is 9.33. The second kappa shape index (κ2) is 24.6. The van der Waals surface area contributed by atoms with Crippen LogP contribution in [0, 0.1) is 4.91 Å². The van der Waals surface area contributed by atoms with E-state index in [2.05, 4.69) is 24.3 Å². The number of unbranched alkanes of at least 4 members (excludes halogenated alkanes) is 10. The number of nitrogens with zero attached hydrogens (tertiary/aromatic N) is 1. The molecule has 3 heteroatoms. The summed E-state index contributed by atoms with van der Waals surface area (Å²) in [5.41, 5.74) is 0. The van der Waals surface area contributed by atoms with Crippen molar-refractivity contribution in [2.24, 2.45) is 5.18 Å². The molecule has 0 radical (unpaired) electrons. The average Bonchev–Trinajstić information content (AvgIpc) is 2.51. The fourth-order valence-corrected chi connectivity index (χ4v) is 2.14. The molecule has 0 aliphatic heterocycles. The molecule has 0 saturated heterocycles. The van der Waals surface area contributed by atoms with Gasteiger partial charge in [0, 0.05) is 0 Å². The molecule has 0 aromatic heterocycles. The second-order valence-corrected chi connectivity index (χ2v) is 5.74. The molecule has 0 rings (SSSR count). The Morgan fingerprint density at radius 1 is 0.667 bits per heavy atom. The van der Waals surface area contributed by atoms with Crippen LogP contribution in [0.2, 0.25) is 0 Å². The Labute approximate surface area is 133 Å². The molecule has 0 amide bonds. The summed E-state index contributed by atoms with van der Waals surface area (Å²) in [5.74, 6) is 0. The fraction of sp³-hybridized carbons (Fsp3) is 1.00. The standard InChI is InChI=1S/C14H31N.C4H9NO/c1-3-5-6-7-8-9-10-11-12-13-14-15-4-2;1-2-3-4-5-6/h15H,3-14H2,1-2H3;2-4H2,1H3. The Morgan fingerprint density at radius 2 is 1.14 bits per heavy atom. The molecular formula is C18H40N2O. The third-order valence-corrected chi connectivity index (χ3v) is 3.56. The van der Waals surface area contributed by atoms with Crippen molar-refractivity contribution in [2.75, 3.05) is 19.6 Å². The Bertz CT molecular complexity index is 163. The lowest BCUT2D eigenvalue weighted by atomic mass is 10.1. The average molecular weight is 301 g/mol. The van der Waals surface area contributed by atoms with Gasteiger partial charge in [0.05, 0.1) is 6.54 Å². The van der Waals surface area contributed by atoms with Crippen LogP contribution in [0.15, 0.2) is 5.18 Å². The van der Waals surface area contributed by atoms with E-state index < -0.39 is 0 Å². The summed E-state index contributed by atoms with van der Waals surface area (Å²) < 4.78 is 0. The quantitative estimate of drug-likeness (QED) is 0.294. The maximum atomic E-state index is 9.31. The third kappa shape index (κ3) is 28.5. The topological polar surface area (TPSA) is 41.5 Å². The number of nitrogens with one attached hydrogen (secondary N) is 1. The van der Waals surface area contributed by atoms with Crippen LogP contribution in [0.5, 0.6) is 0 Å². The highest BCUT2D eigenvalue weighted by molar-refractivity contribution is 4.49. The van der Waals surface area contributed by atoms with Gasteiger partial charge in [0.15, 0.2) is 0 Å². The minimum Gasteiger partial charge on any atom is -0.317 e. The van der Waals surface area contributed by atoms with Crippen LogP contribution in [-0.4, -0.2) is 19.6 Å². The number of hydrogen-bond acceptors (Lipinski definition) is 3. The van der Waals surface area contributed by atoms with Crippen molar-refractivity contribution in [3.8, 4) is 0 Å².